The summed E-state index contributed by atoms with van der Waals surface area (Å²) in [5.41, 5.74) is 1.90. The van der Waals surface area contributed by atoms with Crippen LogP contribution < -0.4 is 9.47 Å². The number of hydrogen-bond donors (Lipinski definition) is 0. The SMILES string of the molecule is COc1ccc2c(c1)CC1=C(CCCC1=O)O2. The number of allylic oxidation sites excluding steroid dienone is 2. The highest BCUT2D eigenvalue weighted by Gasteiger charge is 2.27. The number of carbonyl (C=O) groups is 1. The van der Waals surface area contributed by atoms with E-state index in [2.05, 4.69) is 0 Å². The fraction of sp³-hybridized carbons (Fsp3) is 0.357. The highest BCUT2D eigenvalue weighted by Crippen LogP contribution is 2.37. The molecule has 3 nitrogen and oxygen atoms in total. The Bertz CT molecular complexity index is 514. The molecule has 0 aromatic heterocycles. The van der Waals surface area contributed by atoms with E-state index in [0.717, 1.165) is 41.2 Å². The Morgan fingerprint density at radius 3 is 3.00 bits per heavy atom. The highest BCUT2D eigenvalue weighted by atomic mass is 16.5. The highest BCUT2D eigenvalue weighted by molar-refractivity contribution is 5.97. The van der Waals surface area contributed by atoms with Crippen LogP contribution in [-0.4, -0.2) is 12.9 Å². The molecule has 0 saturated carbocycles. The van der Waals surface area contributed by atoms with E-state index in [0.29, 0.717) is 12.8 Å². The third-order valence-corrected chi connectivity index (χ3v) is 3.35. The molecule has 0 unspecified atom stereocenters. The molecule has 3 heteroatoms. The zero-order chi connectivity index (χ0) is 11.8. The molecule has 0 radical (unpaired) electrons. The van der Waals surface area contributed by atoms with Gasteiger partial charge in [0.15, 0.2) is 5.78 Å². The molecule has 0 N–H and O–H groups in total. The molecule has 1 aromatic rings. The fourth-order valence-electron chi connectivity index (χ4n) is 2.42. The van der Waals surface area contributed by atoms with Crippen LogP contribution in [0.25, 0.3) is 0 Å². The predicted molar refractivity (Wildman–Crippen MR) is 63.2 cm³/mol. The Balaban J connectivity index is 2.00. The van der Waals surface area contributed by atoms with E-state index in [1.807, 2.05) is 18.2 Å². The van der Waals surface area contributed by atoms with Crippen molar-refractivity contribution in [3.05, 3.63) is 35.1 Å². The van der Waals surface area contributed by atoms with Gasteiger partial charge in [-0.25, -0.2) is 0 Å². The molecule has 3 rings (SSSR count). The third-order valence-electron chi connectivity index (χ3n) is 3.35. The smallest absolute Gasteiger partial charge is 0.162 e. The maximum Gasteiger partial charge on any atom is 0.162 e. The van der Waals surface area contributed by atoms with Crippen LogP contribution in [0.4, 0.5) is 0 Å². The van der Waals surface area contributed by atoms with E-state index in [1.54, 1.807) is 7.11 Å². The van der Waals surface area contributed by atoms with Crippen LogP contribution in [0, 0.1) is 0 Å². The zero-order valence-corrected chi connectivity index (χ0v) is 9.79. The molecule has 2 aliphatic rings. The van der Waals surface area contributed by atoms with E-state index in [9.17, 15) is 4.79 Å². The minimum atomic E-state index is 0.236. The van der Waals surface area contributed by atoms with E-state index < -0.39 is 0 Å². The first-order chi connectivity index (χ1) is 8.28. The molecule has 0 bridgehead atoms. The summed E-state index contributed by atoms with van der Waals surface area (Å²) in [6, 6.07) is 5.74. The summed E-state index contributed by atoms with van der Waals surface area (Å²) in [5, 5.41) is 0. The van der Waals surface area contributed by atoms with Crippen LogP contribution in [0.5, 0.6) is 11.5 Å². The van der Waals surface area contributed by atoms with Gasteiger partial charge >= 0.3 is 0 Å². The second-order valence-corrected chi connectivity index (χ2v) is 4.43. The van der Waals surface area contributed by atoms with Gasteiger partial charge in [-0.05, 0) is 24.6 Å². The van der Waals surface area contributed by atoms with Gasteiger partial charge in [0.2, 0.25) is 0 Å². The number of rotatable bonds is 1. The number of benzene rings is 1. The largest absolute Gasteiger partial charge is 0.497 e. The number of fused-ring (bicyclic) bond motifs is 1. The number of hydrogen-bond acceptors (Lipinski definition) is 3. The zero-order valence-electron chi connectivity index (χ0n) is 9.79. The Hall–Kier alpha value is -1.77. The van der Waals surface area contributed by atoms with E-state index in [1.165, 1.54) is 0 Å². The Morgan fingerprint density at radius 2 is 2.18 bits per heavy atom. The van der Waals surface area contributed by atoms with Crippen LogP contribution in [0.3, 0.4) is 0 Å². The molecule has 0 atom stereocenters. The van der Waals surface area contributed by atoms with Gasteiger partial charge in [0.05, 0.1) is 7.11 Å². The van der Waals surface area contributed by atoms with Gasteiger partial charge in [-0.2, -0.15) is 0 Å². The number of ketones is 1. The summed E-state index contributed by atoms with van der Waals surface area (Å²) in [6.07, 6.45) is 3.12. The number of carbonyl (C=O) groups excluding carboxylic acids is 1. The summed E-state index contributed by atoms with van der Waals surface area (Å²) in [7, 11) is 1.64. The maximum atomic E-state index is 11.8. The normalized spacial score (nSPS) is 18.3. The van der Waals surface area contributed by atoms with Crippen molar-refractivity contribution < 1.29 is 14.3 Å². The van der Waals surface area contributed by atoms with E-state index in [-0.39, 0.29) is 5.78 Å². The van der Waals surface area contributed by atoms with Crippen molar-refractivity contribution in [2.75, 3.05) is 7.11 Å². The topological polar surface area (TPSA) is 35.5 Å². The molecular formula is C14H14O3. The summed E-state index contributed by atoms with van der Waals surface area (Å²) >= 11 is 0. The first kappa shape index (κ1) is 10.4. The van der Waals surface area contributed by atoms with Gasteiger partial charge in [0, 0.05) is 30.4 Å². The molecule has 0 spiro atoms. The first-order valence-electron chi connectivity index (χ1n) is 5.88. The summed E-state index contributed by atoms with van der Waals surface area (Å²) in [6.45, 7) is 0. The molecule has 1 aliphatic heterocycles. The van der Waals surface area contributed by atoms with Crippen molar-refractivity contribution in [2.24, 2.45) is 0 Å². The lowest BCUT2D eigenvalue weighted by atomic mass is 9.89. The maximum absolute atomic E-state index is 11.8. The molecule has 0 fully saturated rings. The van der Waals surface area contributed by atoms with Crippen LogP contribution >= 0.6 is 0 Å². The van der Waals surface area contributed by atoms with Crippen molar-refractivity contribution in [2.45, 2.75) is 25.7 Å². The van der Waals surface area contributed by atoms with E-state index in [4.69, 9.17) is 9.47 Å². The molecule has 0 saturated heterocycles. The molecule has 1 aliphatic carbocycles. The number of ether oxygens (including phenoxy) is 2. The van der Waals surface area contributed by atoms with Crippen LogP contribution in [0.1, 0.15) is 24.8 Å². The Labute approximate surface area is 100 Å². The lowest BCUT2D eigenvalue weighted by Gasteiger charge is -2.26. The van der Waals surface area contributed by atoms with Crippen LogP contribution in [0.2, 0.25) is 0 Å². The Morgan fingerprint density at radius 1 is 1.29 bits per heavy atom. The van der Waals surface area contributed by atoms with E-state index >= 15 is 0 Å². The quantitative estimate of drug-likeness (QED) is 0.744. The molecule has 17 heavy (non-hydrogen) atoms. The summed E-state index contributed by atoms with van der Waals surface area (Å²) in [5.74, 6) is 2.78. The van der Waals surface area contributed by atoms with Crippen molar-refractivity contribution >= 4 is 5.78 Å². The Kier molecular flexibility index (Phi) is 2.39. The standard InChI is InChI=1S/C14H14O3/c1-16-10-5-6-13-9(7-10)8-11-12(15)3-2-4-14(11)17-13/h5-7H,2-4,8H2,1H3. The predicted octanol–water partition coefficient (Wildman–Crippen LogP) is 2.64. The van der Waals surface area contributed by atoms with Crippen LogP contribution in [-0.2, 0) is 11.2 Å². The second kappa shape index (κ2) is 3.91. The number of methoxy groups -OCH3 is 1. The minimum absolute atomic E-state index is 0.236. The minimum Gasteiger partial charge on any atom is -0.497 e. The molecule has 88 valence electrons. The molecular weight excluding hydrogens is 216 g/mol. The summed E-state index contributed by atoms with van der Waals surface area (Å²) in [4.78, 5) is 11.8. The molecule has 1 aromatic carbocycles. The van der Waals surface area contributed by atoms with Crippen molar-refractivity contribution in [3.63, 3.8) is 0 Å². The van der Waals surface area contributed by atoms with Gasteiger partial charge in [-0.1, -0.05) is 0 Å². The first-order valence-corrected chi connectivity index (χ1v) is 5.88. The van der Waals surface area contributed by atoms with Gasteiger partial charge in [-0.3, -0.25) is 4.79 Å². The summed E-state index contributed by atoms with van der Waals surface area (Å²) < 4.78 is 11.0. The van der Waals surface area contributed by atoms with Crippen molar-refractivity contribution in [1.29, 1.82) is 0 Å². The average Bonchev–Trinajstić information content (AvgIpc) is 2.37. The van der Waals surface area contributed by atoms with Crippen molar-refractivity contribution in [1.82, 2.24) is 0 Å². The average molecular weight is 230 g/mol. The van der Waals surface area contributed by atoms with Gasteiger partial charge in [-0.15, -0.1) is 0 Å². The molecule has 1 heterocycles. The monoisotopic (exact) mass is 230 g/mol. The molecule has 0 amide bonds. The third kappa shape index (κ3) is 1.71. The number of Topliss-reactive ketones (excluding diaryl/α,β-unsaturated/α-hetero) is 1. The van der Waals surface area contributed by atoms with Crippen LogP contribution in [0.15, 0.2) is 29.5 Å². The van der Waals surface area contributed by atoms with Crippen molar-refractivity contribution in [3.8, 4) is 11.5 Å². The fourth-order valence-corrected chi connectivity index (χ4v) is 2.42. The lowest BCUT2D eigenvalue weighted by Crippen LogP contribution is -2.20. The second-order valence-electron chi connectivity index (χ2n) is 4.43. The van der Waals surface area contributed by atoms with Gasteiger partial charge in [0.1, 0.15) is 17.3 Å². The van der Waals surface area contributed by atoms with Gasteiger partial charge < -0.3 is 9.47 Å². The lowest BCUT2D eigenvalue weighted by molar-refractivity contribution is -0.116. The van der Waals surface area contributed by atoms with Gasteiger partial charge in [0.25, 0.3) is 0 Å².